The Labute approximate surface area is 178 Å². The summed E-state index contributed by atoms with van der Waals surface area (Å²) in [6.45, 7) is 3.19. The van der Waals surface area contributed by atoms with Crippen molar-refractivity contribution in [2.45, 2.75) is 62.7 Å². The summed E-state index contributed by atoms with van der Waals surface area (Å²) in [5.41, 5.74) is 1.40. The second-order valence-electron chi connectivity index (χ2n) is 7.34. The molecule has 2 aliphatic heterocycles. The highest BCUT2D eigenvalue weighted by Gasteiger charge is 2.22. The van der Waals surface area contributed by atoms with Gasteiger partial charge >= 0.3 is 5.97 Å². The number of halogens is 1. The molecule has 1 aromatic rings. The fraction of sp³-hybridized carbons (Fsp3) is 0.667. The van der Waals surface area contributed by atoms with E-state index in [2.05, 4.69) is 35.2 Å². The monoisotopic (exact) mass is 429 g/mol. The molecule has 1 atom stereocenters. The van der Waals surface area contributed by atoms with Crippen LogP contribution in [0.4, 0.5) is 0 Å². The highest BCUT2D eigenvalue weighted by molar-refractivity contribution is 8.77. The quantitative estimate of drug-likeness (QED) is 0.299. The molecule has 2 saturated heterocycles. The SMILES string of the molecule is Cl.O=C(CCCCC1CCSS1)OC1CCN(CCc2ccccc2)CC1. The van der Waals surface area contributed by atoms with E-state index in [4.69, 9.17) is 4.74 Å². The molecule has 0 N–H and O–H groups in total. The van der Waals surface area contributed by atoms with Crippen molar-refractivity contribution >= 4 is 40.0 Å². The van der Waals surface area contributed by atoms with Crippen molar-refractivity contribution in [1.82, 2.24) is 4.90 Å². The standard InChI is InChI=1S/C21H31NO2S2.ClH/c23-21(9-5-4-8-20-13-17-25-26-20)24-19-11-15-22(16-12-19)14-10-18-6-2-1-3-7-18;/h1-3,6-7,19-20H,4-5,8-17H2;1H. The van der Waals surface area contributed by atoms with Gasteiger partial charge in [-0.2, -0.15) is 0 Å². The van der Waals surface area contributed by atoms with Gasteiger partial charge in [-0.05, 0) is 44.1 Å². The van der Waals surface area contributed by atoms with Gasteiger partial charge in [0.25, 0.3) is 0 Å². The Bertz CT molecular complexity index is 532. The average molecular weight is 430 g/mol. The Balaban J connectivity index is 0.00000261. The summed E-state index contributed by atoms with van der Waals surface area (Å²) in [7, 11) is 4.02. The summed E-state index contributed by atoms with van der Waals surface area (Å²) in [6.07, 6.45) is 8.53. The number of ether oxygens (including phenoxy) is 1. The topological polar surface area (TPSA) is 29.5 Å². The number of rotatable bonds is 9. The molecule has 2 fully saturated rings. The first kappa shape index (κ1) is 22.9. The molecule has 2 aliphatic rings. The van der Waals surface area contributed by atoms with E-state index in [1.54, 1.807) is 0 Å². The van der Waals surface area contributed by atoms with E-state index in [-0.39, 0.29) is 24.5 Å². The zero-order valence-corrected chi connectivity index (χ0v) is 18.5. The largest absolute Gasteiger partial charge is 0.462 e. The normalized spacial score (nSPS) is 21.0. The molecular weight excluding hydrogens is 398 g/mol. The lowest BCUT2D eigenvalue weighted by molar-refractivity contribution is -0.151. The fourth-order valence-corrected chi connectivity index (χ4v) is 6.66. The number of benzene rings is 1. The zero-order valence-electron chi connectivity index (χ0n) is 16.0. The minimum Gasteiger partial charge on any atom is -0.462 e. The van der Waals surface area contributed by atoms with Crippen LogP contribution in [-0.4, -0.2) is 47.6 Å². The summed E-state index contributed by atoms with van der Waals surface area (Å²) in [5.74, 6) is 1.31. The first-order valence-electron chi connectivity index (χ1n) is 10.0. The Morgan fingerprint density at radius 2 is 1.89 bits per heavy atom. The predicted molar refractivity (Wildman–Crippen MR) is 120 cm³/mol. The van der Waals surface area contributed by atoms with Gasteiger partial charge in [-0.25, -0.2) is 0 Å². The van der Waals surface area contributed by atoms with Gasteiger partial charge in [0, 0.05) is 37.1 Å². The van der Waals surface area contributed by atoms with Crippen molar-refractivity contribution in [1.29, 1.82) is 0 Å². The van der Waals surface area contributed by atoms with Crippen molar-refractivity contribution in [3.05, 3.63) is 35.9 Å². The summed E-state index contributed by atoms with van der Waals surface area (Å²) in [5, 5.41) is 0.816. The van der Waals surface area contributed by atoms with Crippen LogP contribution in [0, 0.1) is 0 Å². The molecular formula is C21H32ClNO2S2. The highest BCUT2D eigenvalue weighted by Crippen LogP contribution is 2.39. The predicted octanol–water partition coefficient (Wildman–Crippen LogP) is 5.37. The van der Waals surface area contributed by atoms with Crippen LogP contribution in [0.5, 0.6) is 0 Å². The van der Waals surface area contributed by atoms with Crippen LogP contribution in [0.1, 0.15) is 50.5 Å². The molecule has 0 aromatic heterocycles. The van der Waals surface area contributed by atoms with Crippen molar-refractivity contribution in [2.24, 2.45) is 0 Å². The summed E-state index contributed by atoms with van der Waals surface area (Å²) >= 11 is 0. The summed E-state index contributed by atoms with van der Waals surface area (Å²) < 4.78 is 5.70. The second-order valence-corrected chi connectivity index (χ2v) is 10.1. The fourth-order valence-electron chi connectivity index (χ4n) is 3.63. The molecule has 3 rings (SSSR count). The summed E-state index contributed by atoms with van der Waals surface area (Å²) in [4.78, 5) is 14.5. The van der Waals surface area contributed by atoms with Crippen molar-refractivity contribution in [2.75, 3.05) is 25.4 Å². The third kappa shape index (κ3) is 8.68. The molecule has 6 heteroatoms. The number of hydrogen-bond donors (Lipinski definition) is 0. The molecule has 1 aromatic carbocycles. The Morgan fingerprint density at radius 3 is 2.59 bits per heavy atom. The Morgan fingerprint density at radius 1 is 1.11 bits per heavy atom. The van der Waals surface area contributed by atoms with Crippen LogP contribution in [0.2, 0.25) is 0 Å². The highest BCUT2D eigenvalue weighted by atomic mass is 35.5. The maximum absolute atomic E-state index is 12.1. The van der Waals surface area contributed by atoms with Crippen LogP contribution in [0.3, 0.4) is 0 Å². The first-order valence-corrected chi connectivity index (χ1v) is 12.4. The van der Waals surface area contributed by atoms with Gasteiger partial charge in [0.15, 0.2) is 0 Å². The molecule has 0 spiro atoms. The number of likely N-dealkylation sites (tertiary alicyclic amines) is 1. The molecule has 1 unspecified atom stereocenters. The molecule has 0 aliphatic carbocycles. The zero-order chi connectivity index (χ0) is 18.0. The van der Waals surface area contributed by atoms with Crippen LogP contribution in [-0.2, 0) is 16.0 Å². The molecule has 0 radical (unpaired) electrons. The van der Waals surface area contributed by atoms with Crippen molar-refractivity contribution in [3.63, 3.8) is 0 Å². The molecule has 27 heavy (non-hydrogen) atoms. The van der Waals surface area contributed by atoms with Crippen molar-refractivity contribution in [3.8, 4) is 0 Å². The van der Waals surface area contributed by atoms with E-state index in [0.29, 0.717) is 6.42 Å². The van der Waals surface area contributed by atoms with E-state index in [9.17, 15) is 4.79 Å². The van der Waals surface area contributed by atoms with Gasteiger partial charge in [-0.15, -0.1) is 12.4 Å². The number of unbranched alkanes of at least 4 members (excludes halogenated alkanes) is 1. The van der Waals surface area contributed by atoms with Gasteiger partial charge in [0.2, 0.25) is 0 Å². The lowest BCUT2D eigenvalue weighted by Crippen LogP contribution is -2.38. The van der Waals surface area contributed by atoms with E-state index >= 15 is 0 Å². The lowest BCUT2D eigenvalue weighted by Gasteiger charge is -2.31. The number of piperidine rings is 1. The number of hydrogen-bond acceptors (Lipinski definition) is 5. The van der Waals surface area contributed by atoms with Gasteiger partial charge in [0.1, 0.15) is 6.10 Å². The number of carbonyl (C=O) groups is 1. The minimum absolute atomic E-state index is 0. The van der Waals surface area contributed by atoms with E-state index in [1.807, 2.05) is 21.6 Å². The van der Waals surface area contributed by atoms with Gasteiger partial charge < -0.3 is 9.64 Å². The van der Waals surface area contributed by atoms with Gasteiger partial charge in [-0.3, -0.25) is 4.79 Å². The van der Waals surface area contributed by atoms with Crippen LogP contribution in [0.15, 0.2) is 30.3 Å². The maximum atomic E-state index is 12.1. The van der Waals surface area contributed by atoms with Crippen molar-refractivity contribution < 1.29 is 9.53 Å². The number of carbonyl (C=O) groups excluding carboxylic acids is 1. The van der Waals surface area contributed by atoms with Crippen LogP contribution < -0.4 is 0 Å². The maximum Gasteiger partial charge on any atom is 0.306 e. The molecule has 0 saturated carbocycles. The molecule has 152 valence electrons. The molecule has 2 heterocycles. The average Bonchev–Trinajstić information content (AvgIpc) is 3.19. The second kappa shape index (κ2) is 13.0. The van der Waals surface area contributed by atoms with Gasteiger partial charge in [0.05, 0.1) is 0 Å². The molecule has 0 amide bonds. The molecule has 0 bridgehead atoms. The third-order valence-corrected chi connectivity index (χ3v) is 8.28. The molecule has 3 nitrogen and oxygen atoms in total. The van der Waals surface area contributed by atoms with E-state index < -0.39 is 0 Å². The Hall–Kier alpha value is -0.360. The van der Waals surface area contributed by atoms with Crippen LogP contribution >= 0.6 is 34.0 Å². The third-order valence-electron chi connectivity index (χ3n) is 5.28. The van der Waals surface area contributed by atoms with Gasteiger partial charge in [-0.1, -0.05) is 58.3 Å². The number of nitrogens with zero attached hydrogens (tertiary/aromatic N) is 1. The lowest BCUT2D eigenvalue weighted by atomic mass is 10.1. The Kier molecular flexibility index (Phi) is 11.0. The van der Waals surface area contributed by atoms with Crippen LogP contribution in [0.25, 0.3) is 0 Å². The number of esters is 1. The van der Waals surface area contributed by atoms with E-state index in [1.165, 1.54) is 24.2 Å². The van der Waals surface area contributed by atoms with E-state index in [0.717, 1.165) is 57.0 Å². The summed E-state index contributed by atoms with van der Waals surface area (Å²) in [6, 6.07) is 10.7. The first-order chi connectivity index (χ1) is 12.8. The smallest absolute Gasteiger partial charge is 0.306 e. The minimum atomic E-state index is 0.